The largest absolute Gasteiger partial charge is 0.236 e. The molecule has 0 saturated heterocycles. The number of benzene rings is 1. The molecule has 0 radical (unpaired) electrons. The molecule has 4 heteroatoms. The number of thioether (sulfide) groups is 1. The summed E-state index contributed by atoms with van der Waals surface area (Å²) in [4.78, 5) is 0. The Morgan fingerprint density at radius 3 is 2.53 bits per heavy atom. The van der Waals surface area contributed by atoms with E-state index in [1.54, 1.807) is 11.8 Å². The van der Waals surface area contributed by atoms with Crippen LogP contribution in [-0.2, 0) is 5.75 Å². The lowest BCUT2D eigenvalue weighted by molar-refractivity contribution is -0.456. The average molecular weight is 263 g/mol. The van der Waals surface area contributed by atoms with E-state index in [0.717, 1.165) is 26.9 Å². The third-order valence-corrected chi connectivity index (χ3v) is 3.66. The standard InChI is InChI=1S/C11H14Cl2NS/c1-8-4-11(13)9(5-10(8)12)6-15-7-14(2)3/h4-5,7H,6H2,1-3H3/q+1. The summed E-state index contributed by atoms with van der Waals surface area (Å²) in [5, 5.41) is 1.57. The van der Waals surface area contributed by atoms with E-state index in [9.17, 15) is 0 Å². The maximum Gasteiger partial charge on any atom is 0.197 e. The molecule has 0 bridgehead atoms. The van der Waals surface area contributed by atoms with Crippen molar-refractivity contribution in [2.45, 2.75) is 12.7 Å². The van der Waals surface area contributed by atoms with E-state index < -0.39 is 0 Å². The topological polar surface area (TPSA) is 3.01 Å². The number of aryl methyl sites for hydroxylation is 1. The van der Waals surface area contributed by atoms with E-state index in [2.05, 4.69) is 0 Å². The number of hydrogen-bond donors (Lipinski definition) is 0. The lowest BCUT2D eigenvalue weighted by atomic mass is 10.2. The average Bonchev–Trinajstić information content (AvgIpc) is 2.13. The molecule has 1 aromatic carbocycles. The minimum Gasteiger partial charge on any atom is -0.236 e. The quantitative estimate of drug-likeness (QED) is 0.455. The molecule has 0 spiro atoms. The molecule has 1 aromatic rings. The highest BCUT2D eigenvalue weighted by Crippen LogP contribution is 2.27. The van der Waals surface area contributed by atoms with Crippen molar-refractivity contribution in [1.82, 2.24) is 0 Å². The Labute approximate surface area is 105 Å². The van der Waals surface area contributed by atoms with Gasteiger partial charge in [0.25, 0.3) is 0 Å². The maximum atomic E-state index is 6.12. The molecule has 0 N–H and O–H groups in total. The van der Waals surface area contributed by atoms with Crippen LogP contribution in [0.5, 0.6) is 0 Å². The normalized spacial score (nSPS) is 10.2. The van der Waals surface area contributed by atoms with Crippen LogP contribution >= 0.6 is 35.0 Å². The second-order valence-electron chi connectivity index (χ2n) is 3.57. The van der Waals surface area contributed by atoms with Gasteiger partial charge in [0, 0.05) is 15.8 Å². The molecule has 82 valence electrons. The minimum atomic E-state index is 0.778. The first-order valence-corrected chi connectivity index (χ1v) is 6.37. The van der Waals surface area contributed by atoms with Gasteiger partial charge < -0.3 is 0 Å². The van der Waals surface area contributed by atoms with E-state index in [4.69, 9.17) is 23.2 Å². The van der Waals surface area contributed by atoms with Gasteiger partial charge in [-0.05, 0) is 30.2 Å². The van der Waals surface area contributed by atoms with Crippen molar-refractivity contribution >= 4 is 40.5 Å². The Balaban J connectivity index is 2.77. The summed E-state index contributed by atoms with van der Waals surface area (Å²) in [6.45, 7) is 1.96. The second-order valence-corrected chi connectivity index (χ2v) is 5.22. The van der Waals surface area contributed by atoms with Gasteiger partial charge in [0.05, 0.1) is 0 Å². The highest BCUT2D eigenvalue weighted by Gasteiger charge is 2.04. The number of hydrogen-bond acceptors (Lipinski definition) is 1. The van der Waals surface area contributed by atoms with Gasteiger partial charge >= 0.3 is 0 Å². The van der Waals surface area contributed by atoms with Gasteiger partial charge in [-0.2, -0.15) is 0 Å². The van der Waals surface area contributed by atoms with E-state index in [0.29, 0.717) is 0 Å². The molecule has 0 fully saturated rings. The minimum absolute atomic E-state index is 0.778. The van der Waals surface area contributed by atoms with Crippen molar-refractivity contribution in [2.75, 3.05) is 14.1 Å². The molecular formula is C11H14Cl2NS+. The van der Waals surface area contributed by atoms with Gasteiger partial charge in [-0.15, -0.1) is 0 Å². The lowest BCUT2D eigenvalue weighted by Crippen LogP contribution is -1.95. The van der Waals surface area contributed by atoms with E-state index in [1.807, 2.05) is 43.3 Å². The van der Waals surface area contributed by atoms with Crippen LogP contribution in [0.3, 0.4) is 0 Å². The Morgan fingerprint density at radius 1 is 1.27 bits per heavy atom. The molecule has 15 heavy (non-hydrogen) atoms. The molecule has 0 amide bonds. The van der Waals surface area contributed by atoms with Crippen LogP contribution in [0.4, 0.5) is 0 Å². The fourth-order valence-corrected chi connectivity index (χ4v) is 2.42. The molecule has 0 aliphatic rings. The van der Waals surface area contributed by atoms with Crippen molar-refractivity contribution in [1.29, 1.82) is 0 Å². The third-order valence-electron chi connectivity index (χ3n) is 1.85. The molecule has 0 unspecified atom stereocenters. The second kappa shape index (κ2) is 5.78. The summed E-state index contributed by atoms with van der Waals surface area (Å²) in [6, 6.07) is 3.85. The summed E-state index contributed by atoms with van der Waals surface area (Å²) in [7, 11) is 3.99. The Kier molecular flexibility index (Phi) is 4.97. The molecule has 1 nitrogen and oxygen atoms in total. The first kappa shape index (κ1) is 12.9. The first-order chi connectivity index (χ1) is 7.00. The van der Waals surface area contributed by atoms with Crippen molar-refractivity contribution in [3.63, 3.8) is 0 Å². The third kappa shape index (κ3) is 4.06. The molecular weight excluding hydrogens is 249 g/mol. The zero-order valence-corrected chi connectivity index (χ0v) is 11.4. The fourth-order valence-electron chi connectivity index (χ4n) is 1.07. The summed E-state index contributed by atoms with van der Waals surface area (Å²) in [5.74, 6) is 0.844. The molecule has 0 aromatic heterocycles. The van der Waals surface area contributed by atoms with Crippen LogP contribution in [0.15, 0.2) is 12.1 Å². The van der Waals surface area contributed by atoms with Gasteiger partial charge in [0.15, 0.2) is 5.55 Å². The van der Waals surface area contributed by atoms with Gasteiger partial charge in [0.1, 0.15) is 14.1 Å². The number of halogens is 2. The smallest absolute Gasteiger partial charge is 0.197 e. The lowest BCUT2D eigenvalue weighted by Gasteiger charge is -2.04. The highest BCUT2D eigenvalue weighted by atomic mass is 35.5. The van der Waals surface area contributed by atoms with Crippen molar-refractivity contribution in [3.8, 4) is 0 Å². The first-order valence-electron chi connectivity index (χ1n) is 4.56. The molecule has 0 aliphatic carbocycles. The zero-order chi connectivity index (χ0) is 11.4. The fraction of sp³-hybridized carbons (Fsp3) is 0.364. The van der Waals surface area contributed by atoms with E-state index >= 15 is 0 Å². The number of nitrogens with zero attached hydrogens (tertiary/aromatic N) is 1. The summed E-state index contributed by atoms with van der Waals surface area (Å²) >= 11 is 13.9. The van der Waals surface area contributed by atoms with Crippen LogP contribution in [0, 0.1) is 6.92 Å². The monoisotopic (exact) mass is 262 g/mol. The van der Waals surface area contributed by atoms with Crippen LogP contribution in [0.2, 0.25) is 10.0 Å². The van der Waals surface area contributed by atoms with Gasteiger partial charge in [-0.25, -0.2) is 4.58 Å². The summed E-state index contributed by atoms with van der Waals surface area (Å²) in [6.07, 6.45) is 0. The van der Waals surface area contributed by atoms with E-state index in [1.165, 1.54) is 0 Å². The van der Waals surface area contributed by atoms with Gasteiger partial charge in [-0.3, -0.25) is 0 Å². The van der Waals surface area contributed by atoms with Crippen LogP contribution in [-0.4, -0.2) is 24.2 Å². The molecule has 0 heterocycles. The Morgan fingerprint density at radius 2 is 1.93 bits per heavy atom. The molecule has 0 aliphatic heterocycles. The van der Waals surface area contributed by atoms with Crippen LogP contribution in [0.25, 0.3) is 0 Å². The maximum absolute atomic E-state index is 6.12. The van der Waals surface area contributed by atoms with Crippen molar-refractivity contribution in [3.05, 3.63) is 33.3 Å². The molecule has 1 rings (SSSR count). The van der Waals surface area contributed by atoms with Gasteiger partial charge in [0.2, 0.25) is 0 Å². The summed E-state index contributed by atoms with van der Waals surface area (Å²) < 4.78 is 2.01. The van der Waals surface area contributed by atoms with Crippen molar-refractivity contribution in [2.24, 2.45) is 0 Å². The van der Waals surface area contributed by atoms with Gasteiger partial charge in [-0.1, -0.05) is 35.0 Å². The molecule has 0 atom stereocenters. The van der Waals surface area contributed by atoms with Crippen LogP contribution in [0.1, 0.15) is 11.1 Å². The summed E-state index contributed by atoms with van der Waals surface area (Å²) in [5.41, 5.74) is 4.15. The molecule has 0 saturated carbocycles. The SMILES string of the molecule is Cc1cc(Cl)c(CSC=[N+](C)C)cc1Cl. The Hall–Kier alpha value is -0.180. The van der Waals surface area contributed by atoms with E-state index in [-0.39, 0.29) is 0 Å². The highest BCUT2D eigenvalue weighted by molar-refractivity contribution is 8.11. The predicted octanol–water partition coefficient (Wildman–Crippen LogP) is 3.84. The predicted molar refractivity (Wildman–Crippen MR) is 70.7 cm³/mol. The Bertz CT molecular complexity index is 384. The van der Waals surface area contributed by atoms with Crippen molar-refractivity contribution < 1.29 is 4.58 Å². The number of rotatable bonds is 3. The zero-order valence-electron chi connectivity index (χ0n) is 9.05. The van der Waals surface area contributed by atoms with Crippen LogP contribution < -0.4 is 0 Å².